The number of methoxy groups -OCH3 is 3. The molecular formula is C22H26ClNO6. The van der Waals surface area contributed by atoms with Gasteiger partial charge in [0.15, 0.2) is 18.1 Å². The zero-order valence-electron chi connectivity index (χ0n) is 17.5. The Hall–Kier alpha value is -2.93. The fourth-order valence-electron chi connectivity index (χ4n) is 2.86. The van der Waals surface area contributed by atoms with Gasteiger partial charge in [0.2, 0.25) is 5.75 Å². The van der Waals surface area contributed by atoms with Crippen LogP contribution in [0, 0.1) is 0 Å². The quantitative estimate of drug-likeness (QED) is 0.573. The number of hydrogen-bond acceptors (Lipinski definition) is 6. The van der Waals surface area contributed by atoms with Crippen LogP contribution in [-0.4, -0.2) is 39.8 Å². The molecule has 1 amide bonds. The van der Waals surface area contributed by atoms with E-state index in [1.165, 1.54) is 21.3 Å². The molecule has 1 unspecified atom stereocenters. The van der Waals surface area contributed by atoms with E-state index in [4.69, 9.17) is 30.5 Å². The number of carbonyl (C=O) groups is 2. The molecule has 1 atom stereocenters. The maximum atomic E-state index is 12.0. The highest BCUT2D eigenvalue weighted by Gasteiger charge is 2.15. The molecule has 162 valence electrons. The molecule has 0 saturated heterocycles. The summed E-state index contributed by atoms with van der Waals surface area (Å²) in [5.41, 5.74) is 1.73. The van der Waals surface area contributed by atoms with E-state index in [-0.39, 0.29) is 25.0 Å². The molecule has 0 aromatic heterocycles. The second kappa shape index (κ2) is 11.3. The number of hydrogen-bond donors (Lipinski definition) is 1. The third-order valence-electron chi connectivity index (χ3n) is 4.45. The largest absolute Gasteiger partial charge is 0.493 e. The van der Waals surface area contributed by atoms with Crippen molar-refractivity contribution in [2.24, 2.45) is 0 Å². The summed E-state index contributed by atoms with van der Waals surface area (Å²) in [5, 5.41) is 3.40. The van der Waals surface area contributed by atoms with Crippen molar-refractivity contribution in [3.8, 4) is 17.2 Å². The van der Waals surface area contributed by atoms with Gasteiger partial charge in [-0.2, -0.15) is 0 Å². The molecular weight excluding hydrogens is 410 g/mol. The summed E-state index contributed by atoms with van der Waals surface area (Å²) in [5.74, 6) is 0.654. The first kappa shape index (κ1) is 23.3. The number of amides is 1. The van der Waals surface area contributed by atoms with Crippen LogP contribution in [0.3, 0.4) is 0 Å². The van der Waals surface area contributed by atoms with E-state index < -0.39 is 5.97 Å². The summed E-state index contributed by atoms with van der Waals surface area (Å²) >= 11 is 5.86. The second-order valence-electron chi connectivity index (χ2n) is 6.54. The van der Waals surface area contributed by atoms with Crippen molar-refractivity contribution in [3.05, 3.63) is 52.5 Å². The van der Waals surface area contributed by atoms with Gasteiger partial charge in [-0.25, -0.2) is 0 Å². The second-order valence-corrected chi connectivity index (χ2v) is 6.97. The Morgan fingerprint density at radius 3 is 2.13 bits per heavy atom. The third kappa shape index (κ3) is 6.56. The van der Waals surface area contributed by atoms with E-state index >= 15 is 0 Å². The third-order valence-corrected chi connectivity index (χ3v) is 4.71. The van der Waals surface area contributed by atoms with Gasteiger partial charge in [0.25, 0.3) is 5.91 Å². The molecule has 0 aliphatic rings. The Bertz CT molecular complexity index is 843. The van der Waals surface area contributed by atoms with E-state index in [2.05, 4.69) is 5.32 Å². The molecule has 0 radical (unpaired) electrons. The number of carbonyl (C=O) groups excluding carboxylic acids is 2. The lowest BCUT2D eigenvalue weighted by Gasteiger charge is -2.15. The number of ether oxygens (including phenoxy) is 4. The zero-order valence-corrected chi connectivity index (χ0v) is 18.2. The van der Waals surface area contributed by atoms with E-state index in [1.54, 1.807) is 24.3 Å². The summed E-state index contributed by atoms with van der Waals surface area (Å²) in [6.07, 6.45) is 0.511. The van der Waals surface area contributed by atoms with Gasteiger partial charge in [0, 0.05) is 11.4 Å². The number of rotatable bonds is 10. The molecule has 0 aliphatic carbocycles. The predicted molar refractivity (Wildman–Crippen MR) is 113 cm³/mol. The molecule has 0 heterocycles. The van der Waals surface area contributed by atoms with Crippen molar-refractivity contribution in [1.29, 1.82) is 0 Å². The summed E-state index contributed by atoms with van der Waals surface area (Å²) in [4.78, 5) is 24.1. The molecule has 2 rings (SSSR count). The molecule has 7 nitrogen and oxygen atoms in total. The topological polar surface area (TPSA) is 83.1 Å². The van der Waals surface area contributed by atoms with Crippen molar-refractivity contribution >= 4 is 23.5 Å². The van der Waals surface area contributed by atoms with Crippen LogP contribution >= 0.6 is 11.6 Å². The Balaban J connectivity index is 1.83. The molecule has 0 bridgehead atoms. The zero-order chi connectivity index (χ0) is 22.1. The lowest BCUT2D eigenvalue weighted by molar-refractivity contribution is -0.148. The van der Waals surface area contributed by atoms with Crippen LogP contribution < -0.4 is 19.5 Å². The van der Waals surface area contributed by atoms with E-state index in [1.807, 2.05) is 19.1 Å². The number of aryl methyl sites for hydroxylation is 1. The Kier molecular flexibility index (Phi) is 8.80. The smallest absolute Gasteiger partial charge is 0.306 e. The lowest BCUT2D eigenvalue weighted by Crippen LogP contribution is -2.31. The molecule has 0 fully saturated rings. The Morgan fingerprint density at radius 1 is 1.00 bits per heavy atom. The van der Waals surface area contributed by atoms with Gasteiger partial charge in [-0.3, -0.25) is 9.59 Å². The summed E-state index contributed by atoms with van der Waals surface area (Å²) in [7, 11) is 4.58. The van der Waals surface area contributed by atoms with Crippen LogP contribution in [0.15, 0.2) is 36.4 Å². The molecule has 30 heavy (non-hydrogen) atoms. The maximum absolute atomic E-state index is 12.0. The van der Waals surface area contributed by atoms with Crippen LogP contribution in [0.1, 0.15) is 30.5 Å². The van der Waals surface area contributed by atoms with Crippen molar-refractivity contribution in [2.45, 2.75) is 25.8 Å². The molecule has 0 saturated carbocycles. The standard InChI is InChI=1S/C22H26ClNO6/c1-14(16-6-8-17(23)9-7-16)24-20(25)13-30-21(26)10-5-15-11-18(27-2)22(29-4)19(12-15)28-3/h6-9,11-12,14H,5,10,13H2,1-4H3,(H,24,25). The monoisotopic (exact) mass is 435 g/mol. The minimum absolute atomic E-state index is 0.110. The first-order valence-corrected chi connectivity index (χ1v) is 9.75. The fraction of sp³-hybridized carbons (Fsp3) is 0.364. The minimum Gasteiger partial charge on any atom is -0.493 e. The van der Waals surface area contributed by atoms with E-state index in [0.29, 0.717) is 28.7 Å². The van der Waals surface area contributed by atoms with Gasteiger partial charge in [-0.15, -0.1) is 0 Å². The molecule has 1 N–H and O–H groups in total. The minimum atomic E-state index is -0.474. The Labute approximate surface area is 181 Å². The molecule has 0 spiro atoms. The van der Waals surface area contributed by atoms with Crippen LogP contribution in [0.2, 0.25) is 5.02 Å². The van der Waals surface area contributed by atoms with Crippen LogP contribution in [0.5, 0.6) is 17.2 Å². The highest BCUT2D eigenvalue weighted by Crippen LogP contribution is 2.38. The SMILES string of the molecule is COc1cc(CCC(=O)OCC(=O)NC(C)c2ccc(Cl)cc2)cc(OC)c1OC. The normalized spacial score (nSPS) is 11.4. The Morgan fingerprint density at radius 2 is 1.60 bits per heavy atom. The average Bonchev–Trinajstić information content (AvgIpc) is 2.75. The van der Waals surface area contributed by atoms with Gasteiger partial charge in [-0.1, -0.05) is 23.7 Å². The number of halogens is 1. The first-order chi connectivity index (χ1) is 14.4. The van der Waals surface area contributed by atoms with Crippen LogP contribution in [-0.2, 0) is 20.7 Å². The van der Waals surface area contributed by atoms with Crippen molar-refractivity contribution < 1.29 is 28.5 Å². The predicted octanol–water partition coefficient (Wildman–Crippen LogP) is 3.72. The highest BCUT2D eigenvalue weighted by atomic mass is 35.5. The van der Waals surface area contributed by atoms with Gasteiger partial charge in [0.05, 0.1) is 27.4 Å². The van der Waals surface area contributed by atoms with Crippen molar-refractivity contribution in [3.63, 3.8) is 0 Å². The van der Waals surface area contributed by atoms with Crippen LogP contribution in [0.25, 0.3) is 0 Å². The van der Waals surface area contributed by atoms with Crippen molar-refractivity contribution in [1.82, 2.24) is 5.32 Å². The average molecular weight is 436 g/mol. The summed E-state index contributed by atoms with van der Waals surface area (Å²) < 4.78 is 21.0. The van der Waals surface area contributed by atoms with Crippen molar-refractivity contribution in [2.75, 3.05) is 27.9 Å². The van der Waals surface area contributed by atoms with E-state index in [0.717, 1.165) is 11.1 Å². The van der Waals surface area contributed by atoms with Gasteiger partial charge in [-0.05, 0) is 48.7 Å². The molecule has 2 aromatic rings. The number of nitrogens with one attached hydrogen (secondary N) is 1. The van der Waals surface area contributed by atoms with E-state index in [9.17, 15) is 9.59 Å². The number of benzene rings is 2. The fourth-order valence-corrected chi connectivity index (χ4v) is 2.99. The van der Waals surface area contributed by atoms with Crippen LogP contribution in [0.4, 0.5) is 0 Å². The van der Waals surface area contributed by atoms with Gasteiger partial charge < -0.3 is 24.3 Å². The maximum Gasteiger partial charge on any atom is 0.306 e. The summed E-state index contributed by atoms with van der Waals surface area (Å²) in [6.45, 7) is 1.50. The van der Waals surface area contributed by atoms with Gasteiger partial charge in [0.1, 0.15) is 0 Å². The molecule has 0 aliphatic heterocycles. The molecule has 8 heteroatoms. The lowest BCUT2D eigenvalue weighted by atomic mass is 10.1. The first-order valence-electron chi connectivity index (χ1n) is 9.37. The highest BCUT2D eigenvalue weighted by molar-refractivity contribution is 6.30. The number of esters is 1. The summed E-state index contributed by atoms with van der Waals surface area (Å²) in [6, 6.07) is 10.5. The molecule has 2 aromatic carbocycles. The van der Waals surface area contributed by atoms with Gasteiger partial charge >= 0.3 is 5.97 Å².